The third kappa shape index (κ3) is 2.50. The van der Waals surface area contributed by atoms with E-state index in [1.807, 2.05) is 0 Å². The minimum atomic E-state index is -0.658. The van der Waals surface area contributed by atoms with Crippen LogP contribution in [-0.2, 0) is 16.1 Å². The Morgan fingerprint density at radius 3 is 3.05 bits per heavy atom. The van der Waals surface area contributed by atoms with Crippen LogP contribution in [-0.4, -0.2) is 40.9 Å². The SMILES string of the molecule is CC1=CN2NNC(C(=O)N(C)Cc3ccco3)C2C(=O)N1. The second-order valence-corrected chi connectivity index (χ2v) is 5.16. The quantitative estimate of drug-likeness (QED) is 0.682. The zero-order valence-corrected chi connectivity index (χ0v) is 11.8. The van der Waals surface area contributed by atoms with Crippen LogP contribution in [0.15, 0.2) is 34.7 Å². The summed E-state index contributed by atoms with van der Waals surface area (Å²) in [5.41, 5.74) is 6.42. The highest BCUT2D eigenvalue weighted by Crippen LogP contribution is 2.17. The molecule has 1 aromatic heterocycles. The average molecular weight is 291 g/mol. The molecule has 0 saturated carbocycles. The number of hydrogen-bond donors (Lipinski definition) is 3. The van der Waals surface area contributed by atoms with Crippen molar-refractivity contribution < 1.29 is 14.0 Å². The number of amides is 2. The monoisotopic (exact) mass is 291 g/mol. The van der Waals surface area contributed by atoms with E-state index < -0.39 is 12.1 Å². The van der Waals surface area contributed by atoms with Crippen molar-refractivity contribution in [3.8, 4) is 0 Å². The van der Waals surface area contributed by atoms with Crippen LogP contribution in [0.25, 0.3) is 0 Å². The minimum absolute atomic E-state index is 0.186. The number of hydrogen-bond acceptors (Lipinski definition) is 6. The Morgan fingerprint density at radius 1 is 1.52 bits per heavy atom. The third-order valence-corrected chi connectivity index (χ3v) is 3.50. The van der Waals surface area contributed by atoms with Crippen molar-refractivity contribution in [3.05, 3.63) is 36.1 Å². The van der Waals surface area contributed by atoms with Gasteiger partial charge in [-0.05, 0) is 19.1 Å². The van der Waals surface area contributed by atoms with E-state index in [-0.39, 0.29) is 11.8 Å². The van der Waals surface area contributed by atoms with Crippen LogP contribution in [0.1, 0.15) is 12.7 Å². The lowest BCUT2D eigenvalue weighted by atomic mass is 10.1. The number of fused-ring (bicyclic) bond motifs is 1. The van der Waals surface area contributed by atoms with Gasteiger partial charge in [-0.15, -0.1) is 0 Å². The van der Waals surface area contributed by atoms with Gasteiger partial charge in [-0.1, -0.05) is 0 Å². The summed E-state index contributed by atoms with van der Waals surface area (Å²) in [6, 6.07) is 2.30. The van der Waals surface area contributed by atoms with Crippen molar-refractivity contribution in [3.63, 3.8) is 0 Å². The van der Waals surface area contributed by atoms with Crippen molar-refractivity contribution >= 4 is 11.8 Å². The first-order valence-corrected chi connectivity index (χ1v) is 6.62. The summed E-state index contributed by atoms with van der Waals surface area (Å²) in [6.45, 7) is 2.14. The number of likely N-dealkylation sites (N-methyl/N-ethyl adjacent to an activating group) is 1. The standard InChI is InChI=1S/C13H17N5O3/c1-8-6-18-11(12(19)14-8)10(15-16-18)13(20)17(2)7-9-4-3-5-21-9/h3-6,10-11,15-16H,7H2,1-2H3,(H,14,19). The predicted octanol–water partition coefficient (Wildman–Crippen LogP) is -0.709. The number of rotatable bonds is 3. The van der Waals surface area contributed by atoms with Crippen molar-refractivity contribution in [2.24, 2.45) is 0 Å². The molecular weight excluding hydrogens is 274 g/mol. The van der Waals surface area contributed by atoms with E-state index in [0.717, 1.165) is 5.70 Å². The number of carbonyl (C=O) groups excluding carboxylic acids is 2. The summed E-state index contributed by atoms with van der Waals surface area (Å²) < 4.78 is 5.23. The van der Waals surface area contributed by atoms with Crippen LogP contribution in [0.5, 0.6) is 0 Å². The maximum absolute atomic E-state index is 12.5. The fourth-order valence-corrected chi connectivity index (χ4v) is 2.50. The molecule has 21 heavy (non-hydrogen) atoms. The second-order valence-electron chi connectivity index (χ2n) is 5.16. The zero-order chi connectivity index (χ0) is 15.0. The number of nitrogens with zero attached hydrogens (tertiary/aromatic N) is 2. The van der Waals surface area contributed by atoms with Crippen molar-refractivity contribution in [1.29, 1.82) is 0 Å². The van der Waals surface area contributed by atoms with Gasteiger partial charge in [0, 0.05) is 18.9 Å². The Balaban J connectivity index is 1.72. The van der Waals surface area contributed by atoms with Gasteiger partial charge in [0.1, 0.15) is 11.8 Å². The molecule has 2 aliphatic rings. The van der Waals surface area contributed by atoms with Gasteiger partial charge in [0.2, 0.25) is 5.91 Å². The Labute approximate surface area is 121 Å². The molecular formula is C13H17N5O3. The molecule has 8 nitrogen and oxygen atoms in total. The summed E-state index contributed by atoms with van der Waals surface area (Å²) in [6.07, 6.45) is 3.31. The molecule has 2 amide bonds. The Bertz CT molecular complexity index is 583. The molecule has 8 heteroatoms. The molecule has 1 aromatic rings. The van der Waals surface area contributed by atoms with E-state index in [0.29, 0.717) is 12.3 Å². The molecule has 0 spiro atoms. The second kappa shape index (κ2) is 5.23. The highest BCUT2D eigenvalue weighted by atomic mass is 16.3. The zero-order valence-electron chi connectivity index (χ0n) is 11.8. The molecule has 0 radical (unpaired) electrons. The van der Waals surface area contributed by atoms with Crippen LogP contribution in [0.4, 0.5) is 0 Å². The fourth-order valence-electron chi connectivity index (χ4n) is 2.50. The maximum Gasteiger partial charge on any atom is 0.250 e. The summed E-state index contributed by atoms with van der Waals surface area (Å²) in [5, 5.41) is 4.34. The lowest BCUT2D eigenvalue weighted by Crippen LogP contribution is -2.55. The van der Waals surface area contributed by atoms with Gasteiger partial charge in [0.25, 0.3) is 5.91 Å². The number of carbonyl (C=O) groups is 2. The van der Waals surface area contributed by atoms with Crippen LogP contribution in [0, 0.1) is 0 Å². The number of furan rings is 1. The first kappa shape index (κ1) is 13.7. The molecule has 3 heterocycles. The van der Waals surface area contributed by atoms with Gasteiger partial charge >= 0.3 is 0 Å². The van der Waals surface area contributed by atoms with Gasteiger partial charge in [-0.2, -0.15) is 5.53 Å². The Morgan fingerprint density at radius 2 is 2.33 bits per heavy atom. The van der Waals surface area contributed by atoms with E-state index >= 15 is 0 Å². The van der Waals surface area contributed by atoms with Gasteiger partial charge in [-0.3, -0.25) is 14.6 Å². The van der Waals surface area contributed by atoms with Gasteiger partial charge < -0.3 is 14.6 Å². The molecule has 2 aliphatic heterocycles. The largest absolute Gasteiger partial charge is 0.467 e. The lowest BCUT2D eigenvalue weighted by Gasteiger charge is -2.29. The first-order chi connectivity index (χ1) is 10.1. The molecule has 3 N–H and O–H groups in total. The maximum atomic E-state index is 12.5. The predicted molar refractivity (Wildman–Crippen MR) is 72.8 cm³/mol. The number of allylic oxidation sites excluding steroid dienone is 1. The highest BCUT2D eigenvalue weighted by Gasteiger charge is 2.45. The van der Waals surface area contributed by atoms with E-state index in [2.05, 4.69) is 16.3 Å². The van der Waals surface area contributed by atoms with Gasteiger partial charge in [-0.25, -0.2) is 5.43 Å². The van der Waals surface area contributed by atoms with Crippen LogP contribution in [0.2, 0.25) is 0 Å². The molecule has 1 fully saturated rings. The van der Waals surface area contributed by atoms with Crippen molar-refractivity contribution in [2.75, 3.05) is 7.05 Å². The molecule has 2 atom stereocenters. The van der Waals surface area contributed by atoms with E-state index in [1.165, 1.54) is 4.90 Å². The normalized spacial score (nSPS) is 24.4. The smallest absolute Gasteiger partial charge is 0.250 e. The van der Waals surface area contributed by atoms with E-state index in [9.17, 15) is 9.59 Å². The fraction of sp³-hybridized carbons (Fsp3) is 0.385. The Hall–Kier alpha value is -2.32. The summed E-state index contributed by atoms with van der Waals surface area (Å²) in [5.74, 6) is 0.296. The van der Waals surface area contributed by atoms with Crippen LogP contribution < -0.4 is 16.3 Å². The average Bonchev–Trinajstić information content (AvgIpc) is 3.06. The van der Waals surface area contributed by atoms with E-state index in [4.69, 9.17) is 4.42 Å². The molecule has 0 aliphatic carbocycles. The number of nitrogens with one attached hydrogen (secondary N) is 3. The molecule has 1 saturated heterocycles. The molecule has 3 rings (SSSR count). The van der Waals surface area contributed by atoms with Crippen molar-refractivity contribution in [2.45, 2.75) is 25.6 Å². The van der Waals surface area contributed by atoms with E-state index in [1.54, 1.807) is 43.6 Å². The van der Waals surface area contributed by atoms with Crippen LogP contribution >= 0.6 is 0 Å². The summed E-state index contributed by atoms with van der Waals surface area (Å²) >= 11 is 0. The lowest BCUT2D eigenvalue weighted by molar-refractivity contribution is -0.136. The van der Waals surface area contributed by atoms with Crippen LogP contribution in [0.3, 0.4) is 0 Å². The van der Waals surface area contributed by atoms with Gasteiger partial charge in [0.15, 0.2) is 6.04 Å². The minimum Gasteiger partial charge on any atom is -0.467 e. The molecule has 0 aromatic carbocycles. The number of hydrazine groups is 2. The topological polar surface area (TPSA) is 89.8 Å². The molecule has 112 valence electrons. The Kier molecular flexibility index (Phi) is 3.40. The summed E-state index contributed by atoms with van der Waals surface area (Å²) in [7, 11) is 1.68. The van der Waals surface area contributed by atoms with Gasteiger partial charge in [0.05, 0.1) is 12.8 Å². The highest BCUT2D eigenvalue weighted by molar-refractivity contribution is 5.94. The third-order valence-electron chi connectivity index (χ3n) is 3.50. The first-order valence-electron chi connectivity index (χ1n) is 6.62. The summed E-state index contributed by atoms with van der Waals surface area (Å²) in [4.78, 5) is 26.1. The molecule has 0 bridgehead atoms. The molecule has 2 unspecified atom stereocenters. The van der Waals surface area contributed by atoms with Crippen molar-refractivity contribution in [1.82, 2.24) is 26.2 Å².